The van der Waals surface area contributed by atoms with Crippen LogP contribution in [0.25, 0.3) is 0 Å². The van der Waals surface area contributed by atoms with Gasteiger partial charge in [-0.2, -0.15) is 0 Å². The highest BCUT2D eigenvalue weighted by atomic mass is 16.4. The van der Waals surface area contributed by atoms with Crippen molar-refractivity contribution in [3.05, 3.63) is 0 Å². The Morgan fingerprint density at radius 3 is 1.37 bits per heavy atom. The van der Waals surface area contributed by atoms with Gasteiger partial charge in [-0.25, -0.2) is 4.79 Å². The number of carboxylic acid groups (broad SMARTS) is 2. The van der Waals surface area contributed by atoms with E-state index in [4.69, 9.17) is 25.5 Å². The van der Waals surface area contributed by atoms with Crippen LogP contribution >= 0.6 is 0 Å². The maximum atomic E-state index is 9.72. The van der Waals surface area contributed by atoms with Gasteiger partial charge in [0.25, 0.3) is 0 Å². The van der Waals surface area contributed by atoms with Gasteiger partial charge in [-0.3, -0.25) is 4.79 Å². The molecule has 0 aliphatic carbocycles. The predicted molar refractivity (Wildman–Crippen MR) is 67.8 cm³/mol. The van der Waals surface area contributed by atoms with Gasteiger partial charge in [-0.1, -0.05) is 25.7 Å². The topological polar surface area (TPSA) is 135 Å². The highest BCUT2D eigenvalue weighted by Gasteiger charge is 2.16. The van der Waals surface area contributed by atoms with Crippen LogP contribution in [0.4, 0.5) is 0 Å². The van der Waals surface area contributed by atoms with Crippen molar-refractivity contribution in [3.8, 4) is 0 Å². The Bertz CT molecular complexity index is 222. The summed E-state index contributed by atoms with van der Waals surface area (Å²) in [4.78, 5) is 19.4. The number of aliphatic carboxylic acids is 2. The molecule has 114 valence electrons. The van der Waals surface area contributed by atoms with Gasteiger partial charge in [-0.15, -0.1) is 0 Å². The van der Waals surface area contributed by atoms with Crippen molar-refractivity contribution < 1.29 is 35.1 Å². The maximum absolute atomic E-state index is 9.72. The summed E-state index contributed by atoms with van der Waals surface area (Å²) >= 11 is 0. The van der Waals surface area contributed by atoms with Gasteiger partial charge in [0.05, 0.1) is 6.42 Å². The highest BCUT2D eigenvalue weighted by molar-refractivity contribution is 5.79. The van der Waals surface area contributed by atoms with Crippen LogP contribution in [0.3, 0.4) is 0 Å². The molecular formula is C12H24O7. The van der Waals surface area contributed by atoms with E-state index in [2.05, 4.69) is 0 Å². The molecule has 7 nitrogen and oxygen atoms in total. The molecule has 19 heavy (non-hydrogen) atoms. The minimum atomic E-state index is -1.79. The summed E-state index contributed by atoms with van der Waals surface area (Å²) in [6, 6.07) is 0. The second-order valence-electron chi connectivity index (χ2n) is 4.02. The van der Waals surface area contributed by atoms with E-state index in [0.29, 0.717) is 13.2 Å². The zero-order chi connectivity index (χ0) is 15.1. The van der Waals surface area contributed by atoms with E-state index < -0.39 is 24.5 Å². The van der Waals surface area contributed by atoms with Crippen LogP contribution in [0, 0.1) is 0 Å². The Morgan fingerprint density at radius 2 is 1.16 bits per heavy atom. The highest BCUT2D eigenvalue weighted by Crippen LogP contribution is 2.03. The fourth-order valence-electron chi connectivity index (χ4n) is 1.18. The molecule has 0 aromatic rings. The van der Waals surface area contributed by atoms with Gasteiger partial charge < -0.3 is 25.5 Å². The van der Waals surface area contributed by atoms with Crippen molar-refractivity contribution in [2.75, 3.05) is 13.2 Å². The maximum Gasteiger partial charge on any atom is 0.333 e. The van der Waals surface area contributed by atoms with Crippen molar-refractivity contribution in [2.45, 2.75) is 51.0 Å². The molecule has 0 heterocycles. The Hall–Kier alpha value is -1.18. The van der Waals surface area contributed by atoms with Crippen molar-refractivity contribution in [1.82, 2.24) is 0 Å². The number of aliphatic hydroxyl groups excluding tert-OH is 3. The van der Waals surface area contributed by atoms with Crippen LogP contribution in [0.5, 0.6) is 0 Å². The van der Waals surface area contributed by atoms with Gasteiger partial charge >= 0.3 is 11.9 Å². The lowest BCUT2D eigenvalue weighted by molar-refractivity contribution is -0.152. The first kappa shape index (κ1) is 20.1. The summed E-state index contributed by atoms with van der Waals surface area (Å²) in [6.07, 6.45) is 3.96. The summed E-state index contributed by atoms with van der Waals surface area (Å²) in [7, 11) is 0. The van der Waals surface area contributed by atoms with E-state index in [9.17, 15) is 9.59 Å². The van der Waals surface area contributed by atoms with Crippen LogP contribution in [-0.2, 0) is 9.59 Å². The third-order valence-corrected chi connectivity index (χ3v) is 2.22. The molecule has 0 saturated heterocycles. The minimum absolute atomic E-state index is 0.319. The Balaban J connectivity index is 0. The fraction of sp³-hybridized carbons (Fsp3) is 0.833. The number of rotatable bonds is 10. The Morgan fingerprint density at radius 1 is 0.789 bits per heavy atom. The van der Waals surface area contributed by atoms with Gasteiger partial charge in [-0.05, 0) is 12.8 Å². The molecular weight excluding hydrogens is 256 g/mol. The molecule has 0 saturated carbocycles. The van der Waals surface area contributed by atoms with E-state index in [0.717, 1.165) is 25.7 Å². The fourth-order valence-corrected chi connectivity index (χ4v) is 1.18. The third-order valence-electron chi connectivity index (χ3n) is 2.22. The summed E-state index contributed by atoms with van der Waals surface area (Å²) in [5.74, 6) is -2.85. The zero-order valence-electron chi connectivity index (χ0n) is 11.0. The molecule has 0 amide bonds. The lowest BCUT2D eigenvalue weighted by Gasteiger charge is -1.97. The normalized spacial score (nSPS) is 11.3. The average molecular weight is 280 g/mol. The van der Waals surface area contributed by atoms with Gasteiger partial charge in [0.15, 0.2) is 6.10 Å². The predicted octanol–water partition coefficient (Wildman–Crippen LogP) is 0.218. The van der Waals surface area contributed by atoms with Crippen molar-refractivity contribution in [1.29, 1.82) is 0 Å². The van der Waals surface area contributed by atoms with Crippen LogP contribution < -0.4 is 0 Å². The smallest absolute Gasteiger partial charge is 0.333 e. The first-order valence-corrected chi connectivity index (χ1v) is 6.30. The number of unbranched alkanes of at least 4 members (excludes halogenated alkanes) is 5. The number of carbonyl (C=O) groups is 2. The quantitative estimate of drug-likeness (QED) is 0.361. The second kappa shape index (κ2) is 14.9. The molecule has 1 unspecified atom stereocenters. The van der Waals surface area contributed by atoms with Crippen LogP contribution in [0.1, 0.15) is 44.9 Å². The van der Waals surface area contributed by atoms with E-state index in [1.165, 1.54) is 12.8 Å². The minimum Gasteiger partial charge on any atom is -0.481 e. The van der Waals surface area contributed by atoms with Crippen LogP contribution in [0.2, 0.25) is 0 Å². The molecule has 0 aliphatic heterocycles. The number of aliphatic hydroxyl groups is 3. The lowest BCUT2D eigenvalue weighted by Crippen LogP contribution is -2.22. The average Bonchev–Trinajstić information content (AvgIpc) is 2.33. The third kappa shape index (κ3) is 19.3. The lowest BCUT2D eigenvalue weighted by atomic mass is 10.1. The SMILES string of the molecule is O=C(O)CC(O)C(=O)O.OCCCCCCCCO. The molecule has 1 atom stereocenters. The summed E-state index contributed by atoms with van der Waals surface area (Å²) in [5, 5.41) is 41.0. The van der Waals surface area contributed by atoms with Gasteiger partial charge in [0, 0.05) is 13.2 Å². The van der Waals surface area contributed by atoms with Gasteiger partial charge in [0.1, 0.15) is 0 Å². The molecule has 0 fully saturated rings. The van der Waals surface area contributed by atoms with E-state index in [1.807, 2.05) is 0 Å². The van der Waals surface area contributed by atoms with E-state index in [1.54, 1.807) is 0 Å². The molecule has 0 rings (SSSR count). The van der Waals surface area contributed by atoms with Crippen LogP contribution in [0.15, 0.2) is 0 Å². The van der Waals surface area contributed by atoms with E-state index in [-0.39, 0.29) is 0 Å². The molecule has 7 heteroatoms. The standard InChI is InChI=1S/C8H18O2.C4H6O5/c9-7-5-3-1-2-4-6-8-10;5-2(4(8)9)1-3(6)7/h9-10H,1-8H2;2,5H,1H2,(H,6,7)(H,8,9). The largest absolute Gasteiger partial charge is 0.481 e. The first-order valence-electron chi connectivity index (χ1n) is 6.30. The Kier molecular flexibility index (Phi) is 15.8. The zero-order valence-corrected chi connectivity index (χ0v) is 11.0. The van der Waals surface area contributed by atoms with Crippen molar-refractivity contribution in [2.24, 2.45) is 0 Å². The molecule has 0 aliphatic rings. The van der Waals surface area contributed by atoms with Crippen molar-refractivity contribution >= 4 is 11.9 Å². The number of hydrogen-bond acceptors (Lipinski definition) is 5. The summed E-state index contributed by atoms with van der Waals surface area (Å²) < 4.78 is 0. The summed E-state index contributed by atoms with van der Waals surface area (Å²) in [5.41, 5.74) is 0. The van der Waals surface area contributed by atoms with E-state index >= 15 is 0 Å². The van der Waals surface area contributed by atoms with Gasteiger partial charge in [0.2, 0.25) is 0 Å². The Labute approximate surface area is 112 Å². The van der Waals surface area contributed by atoms with Crippen LogP contribution in [-0.4, -0.2) is 56.8 Å². The number of hydrogen-bond donors (Lipinski definition) is 5. The number of carboxylic acids is 2. The second-order valence-corrected chi connectivity index (χ2v) is 4.02. The molecule has 5 N–H and O–H groups in total. The molecule has 0 aromatic carbocycles. The molecule has 0 aromatic heterocycles. The molecule has 0 radical (unpaired) electrons. The monoisotopic (exact) mass is 280 g/mol. The molecule has 0 bridgehead atoms. The molecule has 0 spiro atoms. The first-order chi connectivity index (χ1) is 8.95. The van der Waals surface area contributed by atoms with Crippen molar-refractivity contribution in [3.63, 3.8) is 0 Å². The summed E-state index contributed by atoms with van der Waals surface area (Å²) in [6.45, 7) is 0.639.